The van der Waals surface area contributed by atoms with Crippen LogP contribution in [0.5, 0.6) is 0 Å². The van der Waals surface area contributed by atoms with Crippen LogP contribution in [0.15, 0.2) is 64.3 Å². The van der Waals surface area contributed by atoms with Crippen LogP contribution in [0.4, 0.5) is 4.39 Å². The molecule has 0 fully saturated rings. The first-order valence-corrected chi connectivity index (χ1v) is 10.5. The largest absolute Gasteiger partial charge is 0.307 e. The highest BCUT2D eigenvalue weighted by Crippen LogP contribution is 2.19. The van der Waals surface area contributed by atoms with E-state index in [2.05, 4.69) is 14.7 Å². The molecule has 0 radical (unpaired) electrons. The predicted molar refractivity (Wildman–Crippen MR) is 101 cm³/mol. The van der Waals surface area contributed by atoms with Crippen LogP contribution in [0, 0.1) is 5.82 Å². The van der Waals surface area contributed by atoms with E-state index in [0.29, 0.717) is 23.5 Å². The van der Waals surface area contributed by atoms with E-state index in [1.165, 1.54) is 12.1 Å². The molecule has 1 aromatic carbocycles. The summed E-state index contributed by atoms with van der Waals surface area (Å²) in [6.45, 7) is 0.432. The van der Waals surface area contributed by atoms with Crippen LogP contribution in [0.25, 0.3) is 11.2 Å². The zero-order chi connectivity index (χ0) is 18.9. The Balaban J connectivity index is 1.66. The van der Waals surface area contributed by atoms with Crippen molar-refractivity contribution in [2.24, 2.45) is 0 Å². The average molecular weight is 402 g/mol. The Morgan fingerprint density at radius 2 is 1.93 bits per heavy atom. The maximum Gasteiger partial charge on any atom is 0.250 e. The number of hydrogen-bond donors (Lipinski definition) is 1. The molecule has 9 heteroatoms. The van der Waals surface area contributed by atoms with Gasteiger partial charge in [-0.3, -0.25) is 0 Å². The van der Waals surface area contributed by atoms with E-state index >= 15 is 0 Å². The number of sulfonamides is 1. The fourth-order valence-corrected chi connectivity index (χ4v) is 4.74. The molecule has 1 N–H and O–H groups in total. The Labute approximate surface area is 159 Å². The fraction of sp³-hybridized carbons (Fsp3) is 0.111. The van der Waals surface area contributed by atoms with Gasteiger partial charge in [-0.25, -0.2) is 27.5 Å². The van der Waals surface area contributed by atoms with E-state index in [-0.39, 0.29) is 16.6 Å². The normalized spacial score (nSPS) is 11.9. The number of nitrogens with one attached hydrogen (secondary N) is 1. The third kappa shape index (κ3) is 3.75. The molecule has 27 heavy (non-hydrogen) atoms. The molecule has 0 unspecified atom stereocenters. The van der Waals surface area contributed by atoms with Crippen LogP contribution in [0.2, 0.25) is 0 Å². The van der Waals surface area contributed by atoms with E-state index in [4.69, 9.17) is 0 Å². The lowest BCUT2D eigenvalue weighted by atomic mass is 10.2. The Bertz CT molecular complexity index is 1170. The third-order valence-electron chi connectivity index (χ3n) is 4.02. The van der Waals surface area contributed by atoms with E-state index < -0.39 is 10.0 Å². The maximum atomic E-state index is 13.2. The van der Waals surface area contributed by atoms with Crippen molar-refractivity contribution >= 4 is 32.5 Å². The Morgan fingerprint density at radius 1 is 1.11 bits per heavy atom. The van der Waals surface area contributed by atoms with E-state index in [0.717, 1.165) is 16.9 Å². The van der Waals surface area contributed by atoms with Crippen molar-refractivity contribution < 1.29 is 12.8 Å². The summed E-state index contributed by atoms with van der Waals surface area (Å²) in [5, 5.41) is 1.71. The number of rotatable bonds is 6. The summed E-state index contributed by atoms with van der Waals surface area (Å²) in [4.78, 5) is 8.87. The van der Waals surface area contributed by atoms with Crippen molar-refractivity contribution in [3.8, 4) is 0 Å². The first kappa shape index (κ1) is 17.8. The lowest BCUT2D eigenvalue weighted by Crippen LogP contribution is -2.24. The number of pyridine rings is 1. The summed E-state index contributed by atoms with van der Waals surface area (Å²) >= 11 is 1.15. The molecular formula is C18H15FN4O2S2. The van der Waals surface area contributed by atoms with Gasteiger partial charge in [0, 0.05) is 6.20 Å². The van der Waals surface area contributed by atoms with Crippen LogP contribution in [0.3, 0.4) is 0 Å². The SMILES string of the molecule is O=S(=O)(NCc1nc2cccnc2n1Cc1ccc(F)cc1)c1cccs1. The van der Waals surface area contributed by atoms with Gasteiger partial charge in [0.1, 0.15) is 21.4 Å². The first-order chi connectivity index (χ1) is 13.0. The van der Waals surface area contributed by atoms with Gasteiger partial charge in [0.05, 0.1) is 13.1 Å². The van der Waals surface area contributed by atoms with Crippen LogP contribution in [0.1, 0.15) is 11.4 Å². The smallest absolute Gasteiger partial charge is 0.250 e. The Morgan fingerprint density at radius 3 is 2.67 bits per heavy atom. The Kier molecular flexibility index (Phi) is 4.73. The first-order valence-electron chi connectivity index (χ1n) is 8.11. The topological polar surface area (TPSA) is 76.9 Å². The lowest BCUT2D eigenvalue weighted by molar-refractivity contribution is 0.578. The molecule has 0 saturated carbocycles. The predicted octanol–water partition coefficient (Wildman–Crippen LogP) is 3.16. The van der Waals surface area contributed by atoms with Gasteiger partial charge < -0.3 is 4.57 Å². The van der Waals surface area contributed by atoms with Crippen LogP contribution < -0.4 is 4.72 Å². The molecule has 138 valence electrons. The van der Waals surface area contributed by atoms with E-state index in [1.54, 1.807) is 41.9 Å². The molecule has 0 saturated heterocycles. The van der Waals surface area contributed by atoms with Crippen molar-refractivity contribution in [2.75, 3.05) is 0 Å². The summed E-state index contributed by atoms with van der Waals surface area (Å²) in [7, 11) is -3.60. The highest BCUT2D eigenvalue weighted by molar-refractivity contribution is 7.91. The number of thiophene rings is 1. The standard InChI is InChI=1S/C18H15FN4O2S2/c19-14-7-5-13(6-8-14)12-23-16(22-15-3-1-9-20-18(15)23)11-21-27(24,25)17-4-2-10-26-17/h1-10,21H,11-12H2. The number of fused-ring (bicyclic) bond motifs is 1. The van der Waals surface area contributed by atoms with Crippen molar-refractivity contribution in [1.29, 1.82) is 0 Å². The van der Waals surface area contributed by atoms with Gasteiger partial charge in [0.15, 0.2) is 5.65 Å². The van der Waals surface area contributed by atoms with E-state index in [9.17, 15) is 12.8 Å². The molecule has 3 heterocycles. The van der Waals surface area contributed by atoms with Crippen LogP contribution in [-0.2, 0) is 23.1 Å². The molecular weight excluding hydrogens is 387 g/mol. The van der Waals surface area contributed by atoms with Crippen molar-refractivity contribution in [2.45, 2.75) is 17.3 Å². The lowest BCUT2D eigenvalue weighted by Gasteiger charge is -2.10. The average Bonchev–Trinajstić information content (AvgIpc) is 3.31. The highest BCUT2D eigenvalue weighted by atomic mass is 32.2. The van der Waals surface area contributed by atoms with Gasteiger partial charge in [-0.1, -0.05) is 18.2 Å². The van der Waals surface area contributed by atoms with Gasteiger partial charge in [0.2, 0.25) is 10.0 Å². The quantitative estimate of drug-likeness (QED) is 0.537. The monoisotopic (exact) mass is 402 g/mol. The summed E-state index contributed by atoms with van der Waals surface area (Å²) in [5.41, 5.74) is 2.18. The number of aromatic nitrogens is 3. The maximum absolute atomic E-state index is 13.2. The molecule has 0 aliphatic heterocycles. The molecule has 0 bridgehead atoms. The third-order valence-corrected chi connectivity index (χ3v) is 6.82. The molecule has 4 aromatic rings. The summed E-state index contributed by atoms with van der Waals surface area (Å²) < 4.78 is 42.6. The molecule has 6 nitrogen and oxygen atoms in total. The minimum Gasteiger partial charge on any atom is -0.307 e. The van der Waals surface area contributed by atoms with Crippen molar-refractivity contribution in [3.63, 3.8) is 0 Å². The van der Waals surface area contributed by atoms with Gasteiger partial charge in [-0.2, -0.15) is 0 Å². The molecule has 0 atom stereocenters. The number of imidazole rings is 1. The van der Waals surface area contributed by atoms with Crippen LogP contribution in [-0.4, -0.2) is 23.0 Å². The number of hydrogen-bond acceptors (Lipinski definition) is 5. The minimum atomic E-state index is -3.60. The zero-order valence-electron chi connectivity index (χ0n) is 14.0. The summed E-state index contributed by atoms with van der Waals surface area (Å²) in [5.74, 6) is 0.226. The molecule has 3 aromatic heterocycles. The fourth-order valence-electron chi connectivity index (χ4n) is 2.73. The Hall–Kier alpha value is -2.62. The molecule has 4 rings (SSSR count). The number of halogens is 1. The van der Waals surface area contributed by atoms with Gasteiger partial charge >= 0.3 is 0 Å². The second kappa shape index (κ2) is 7.18. The second-order valence-electron chi connectivity index (χ2n) is 5.84. The van der Waals surface area contributed by atoms with Gasteiger partial charge in [-0.05, 0) is 41.3 Å². The number of benzene rings is 1. The van der Waals surface area contributed by atoms with E-state index in [1.807, 2.05) is 10.6 Å². The molecule has 0 amide bonds. The van der Waals surface area contributed by atoms with Crippen molar-refractivity contribution in [3.05, 3.63) is 77.3 Å². The molecule has 0 spiro atoms. The van der Waals surface area contributed by atoms with Gasteiger partial charge in [-0.15, -0.1) is 11.3 Å². The van der Waals surface area contributed by atoms with Crippen LogP contribution >= 0.6 is 11.3 Å². The summed E-state index contributed by atoms with van der Waals surface area (Å²) in [6, 6.07) is 13.0. The zero-order valence-corrected chi connectivity index (χ0v) is 15.7. The summed E-state index contributed by atoms with van der Waals surface area (Å²) in [6.07, 6.45) is 1.66. The second-order valence-corrected chi connectivity index (χ2v) is 8.78. The molecule has 0 aliphatic carbocycles. The molecule has 0 aliphatic rings. The number of nitrogens with zero attached hydrogens (tertiary/aromatic N) is 3. The van der Waals surface area contributed by atoms with Crippen molar-refractivity contribution in [1.82, 2.24) is 19.3 Å². The van der Waals surface area contributed by atoms with Gasteiger partial charge in [0.25, 0.3) is 0 Å². The highest BCUT2D eigenvalue weighted by Gasteiger charge is 2.18. The minimum absolute atomic E-state index is 0.0256.